The van der Waals surface area contributed by atoms with Crippen LogP contribution in [0.4, 0.5) is 5.82 Å². The van der Waals surface area contributed by atoms with E-state index < -0.39 is 10.0 Å². The van der Waals surface area contributed by atoms with Crippen molar-refractivity contribution in [1.29, 1.82) is 0 Å². The quantitative estimate of drug-likeness (QED) is 0.703. The summed E-state index contributed by atoms with van der Waals surface area (Å²) in [6.07, 6.45) is 5.30. The van der Waals surface area contributed by atoms with Gasteiger partial charge < -0.3 is 5.32 Å². The molecule has 3 aromatic rings. The van der Waals surface area contributed by atoms with Gasteiger partial charge in [0, 0.05) is 18.7 Å². The number of benzene rings is 1. The van der Waals surface area contributed by atoms with Crippen LogP contribution in [0.3, 0.4) is 0 Å². The highest BCUT2D eigenvalue weighted by Gasteiger charge is 2.25. The van der Waals surface area contributed by atoms with Gasteiger partial charge in [-0.3, -0.25) is 4.79 Å². The van der Waals surface area contributed by atoms with E-state index in [1.807, 2.05) is 11.4 Å². The number of carbonyl (C=O) groups excluding carboxylic acids is 1. The lowest BCUT2D eigenvalue weighted by atomic mass is 10.2. The Kier molecular flexibility index (Phi) is 5.38. The van der Waals surface area contributed by atoms with Crippen molar-refractivity contribution in [1.82, 2.24) is 14.3 Å². The zero-order valence-electron chi connectivity index (χ0n) is 15.2. The predicted octanol–water partition coefficient (Wildman–Crippen LogP) is 3.51. The number of hydrogen-bond acceptors (Lipinski definition) is 6. The van der Waals surface area contributed by atoms with Gasteiger partial charge in [-0.05, 0) is 48.6 Å². The summed E-state index contributed by atoms with van der Waals surface area (Å²) in [6.45, 7) is 1.10. The zero-order valence-corrected chi connectivity index (χ0v) is 16.8. The molecule has 0 atom stereocenters. The molecule has 7 nitrogen and oxygen atoms in total. The number of fused-ring (bicyclic) bond motifs is 1. The van der Waals surface area contributed by atoms with E-state index in [4.69, 9.17) is 0 Å². The van der Waals surface area contributed by atoms with Crippen molar-refractivity contribution < 1.29 is 13.2 Å². The number of anilines is 1. The molecule has 0 aliphatic carbocycles. The van der Waals surface area contributed by atoms with E-state index in [1.165, 1.54) is 41.9 Å². The standard InChI is InChI=1S/C19H20N4O3S2/c24-18(22-17-16-9-12-27-19(16)21-13-20-17)14-5-7-15(8-6-14)28(25,26)23-10-3-1-2-4-11-23/h5-9,12-13H,1-4,10-11H2,(H,20,21,22,24). The van der Waals surface area contributed by atoms with Crippen molar-refractivity contribution in [2.45, 2.75) is 30.6 Å². The van der Waals surface area contributed by atoms with E-state index in [2.05, 4.69) is 15.3 Å². The summed E-state index contributed by atoms with van der Waals surface area (Å²) >= 11 is 1.47. The number of nitrogens with zero attached hydrogens (tertiary/aromatic N) is 3. The maximum Gasteiger partial charge on any atom is 0.256 e. The van der Waals surface area contributed by atoms with Crippen LogP contribution in [-0.4, -0.2) is 41.7 Å². The average Bonchev–Trinajstić information content (AvgIpc) is 3.02. The van der Waals surface area contributed by atoms with Crippen LogP contribution in [0.2, 0.25) is 0 Å². The minimum Gasteiger partial charge on any atom is -0.306 e. The highest BCUT2D eigenvalue weighted by molar-refractivity contribution is 7.89. The van der Waals surface area contributed by atoms with Gasteiger partial charge in [0.05, 0.1) is 10.3 Å². The minimum absolute atomic E-state index is 0.216. The molecule has 1 aromatic carbocycles. The van der Waals surface area contributed by atoms with Gasteiger partial charge in [-0.1, -0.05) is 12.8 Å². The first-order valence-corrected chi connectivity index (χ1v) is 11.5. The average molecular weight is 417 g/mol. The first-order valence-electron chi connectivity index (χ1n) is 9.15. The molecule has 1 N–H and O–H groups in total. The second-order valence-corrected chi connectivity index (χ2v) is 9.49. The van der Waals surface area contributed by atoms with E-state index in [-0.39, 0.29) is 10.8 Å². The van der Waals surface area contributed by atoms with Gasteiger partial charge in [0.15, 0.2) is 0 Å². The molecule has 1 fully saturated rings. The topological polar surface area (TPSA) is 92.3 Å². The predicted molar refractivity (Wildman–Crippen MR) is 109 cm³/mol. The van der Waals surface area contributed by atoms with Crippen LogP contribution >= 0.6 is 11.3 Å². The van der Waals surface area contributed by atoms with Crippen molar-refractivity contribution in [3.63, 3.8) is 0 Å². The number of thiophene rings is 1. The van der Waals surface area contributed by atoms with Crippen LogP contribution in [0.1, 0.15) is 36.0 Å². The van der Waals surface area contributed by atoms with Gasteiger partial charge in [-0.2, -0.15) is 4.31 Å². The van der Waals surface area contributed by atoms with E-state index in [9.17, 15) is 13.2 Å². The van der Waals surface area contributed by atoms with Crippen LogP contribution in [0, 0.1) is 0 Å². The summed E-state index contributed by atoms with van der Waals surface area (Å²) in [5, 5.41) is 5.44. The Balaban J connectivity index is 1.52. The Hall–Kier alpha value is -2.36. The summed E-state index contributed by atoms with van der Waals surface area (Å²) in [4.78, 5) is 21.9. The van der Waals surface area contributed by atoms with Crippen LogP contribution < -0.4 is 5.32 Å². The molecule has 0 spiro atoms. The zero-order chi connectivity index (χ0) is 19.6. The highest BCUT2D eigenvalue weighted by Crippen LogP contribution is 2.25. The molecule has 3 heterocycles. The summed E-state index contributed by atoms with van der Waals surface area (Å²) in [5.74, 6) is 0.0995. The molecule has 9 heteroatoms. The fourth-order valence-electron chi connectivity index (χ4n) is 3.28. The molecule has 28 heavy (non-hydrogen) atoms. The maximum atomic E-state index is 12.8. The monoisotopic (exact) mass is 416 g/mol. The largest absolute Gasteiger partial charge is 0.306 e. The van der Waals surface area contributed by atoms with Crippen molar-refractivity contribution >= 4 is 43.3 Å². The van der Waals surface area contributed by atoms with Gasteiger partial charge in [0.25, 0.3) is 5.91 Å². The van der Waals surface area contributed by atoms with E-state index >= 15 is 0 Å². The number of amides is 1. The summed E-state index contributed by atoms with van der Waals surface area (Å²) < 4.78 is 27.2. The molecule has 0 radical (unpaired) electrons. The van der Waals surface area contributed by atoms with Crippen molar-refractivity contribution in [3.8, 4) is 0 Å². The normalized spacial score (nSPS) is 16.0. The van der Waals surface area contributed by atoms with Crippen molar-refractivity contribution in [3.05, 3.63) is 47.6 Å². The molecule has 0 unspecified atom stereocenters. The summed E-state index contributed by atoms with van der Waals surface area (Å²) in [7, 11) is -3.53. The summed E-state index contributed by atoms with van der Waals surface area (Å²) in [6, 6.07) is 7.91. The highest BCUT2D eigenvalue weighted by atomic mass is 32.2. The molecule has 1 saturated heterocycles. The Morgan fingerprint density at radius 2 is 1.71 bits per heavy atom. The van der Waals surface area contributed by atoms with E-state index in [0.29, 0.717) is 24.5 Å². The first kappa shape index (κ1) is 19.0. The molecule has 1 amide bonds. The lowest BCUT2D eigenvalue weighted by molar-refractivity contribution is 0.102. The lowest BCUT2D eigenvalue weighted by Gasteiger charge is -2.20. The number of nitrogens with one attached hydrogen (secondary N) is 1. The van der Waals surface area contributed by atoms with Gasteiger partial charge in [0.2, 0.25) is 10.0 Å². The first-order chi connectivity index (χ1) is 13.6. The molecule has 146 valence electrons. The van der Waals surface area contributed by atoms with Crippen molar-refractivity contribution in [2.24, 2.45) is 0 Å². The van der Waals surface area contributed by atoms with E-state index in [0.717, 1.165) is 35.9 Å². The molecular weight excluding hydrogens is 396 g/mol. The lowest BCUT2D eigenvalue weighted by Crippen LogP contribution is -2.31. The fourth-order valence-corrected chi connectivity index (χ4v) is 5.53. The molecular formula is C19H20N4O3S2. The van der Waals surface area contributed by atoms with Gasteiger partial charge in [-0.15, -0.1) is 11.3 Å². The van der Waals surface area contributed by atoms with Crippen LogP contribution in [0.25, 0.3) is 10.2 Å². The molecule has 0 saturated carbocycles. The summed E-state index contributed by atoms with van der Waals surface area (Å²) in [5.41, 5.74) is 0.372. The smallest absolute Gasteiger partial charge is 0.256 e. The Morgan fingerprint density at radius 1 is 1.00 bits per heavy atom. The molecule has 1 aliphatic heterocycles. The third-order valence-electron chi connectivity index (χ3n) is 4.81. The van der Waals surface area contributed by atoms with Crippen LogP contribution in [0.15, 0.2) is 46.9 Å². The molecule has 2 aromatic heterocycles. The second-order valence-electron chi connectivity index (χ2n) is 6.66. The van der Waals surface area contributed by atoms with Gasteiger partial charge >= 0.3 is 0 Å². The number of aromatic nitrogens is 2. The number of hydrogen-bond donors (Lipinski definition) is 1. The Morgan fingerprint density at radius 3 is 2.43 bits per heavy atom. The SMILES string of the molecule is O=C(Nc1ncnc2sccc12)c1ccc(S(=O)(=O)N2CCCCCC2)cc1. The van der Waals surface area contributed by atoms with Crippen LogP contribution in [0.5, 0.6) is 0 Å². The molecule has 0 bridgehead atoms. The third-order valence-corrected chi connectivity index (χ3v) is 7.55. The maximum absolute atomic E-state index is 12.8. The minimum atomic E-state index is -3.53. The van der Waals surface area contributed by atoms with Crippen LogP contribution in [-0.2, 0) is 10.0 Å². The fraction of sp³-hybridized carbons (Fsp3) is 0.316. The Labute approximate surface area is 167 Å². The second kappa shape index (κ2) is 7.94. The Bertz CT molecular complexity index is 1090. The molecule has 4 rings (SSSR count). The number of rotatable bonds is 4. The van der Waals surface area contributed by atoms with Gasteiger partial charge in [0.1, 0.15) is 17.0 Å². The number of carbonyl (C=O) groups is 1. The number of sulfonamides is 1. The molecule has 1 aliphatic rings. The van der Waals surface area contributed by atoms with Crippen molar-refractivity contribution in [2.75, 3.05) is 18.4 Å². The van der Waals surface area contributed by atoms with Gasteiger partial charge in [-0.25, -0.2) is 18.4 Å². The third kappa shape index (κ3) is 3.78. The van der Waals surface area contributed by atoms with E-state index in [1.54, 1.807) is 4.31 Å².